The molecular formula is C58H49IrN3O-2. The zero-order valence-electron chi connectivity index (χ0n) is 39.0. The fourth-order valence-electron chi connectivity index (χ4n) is 8.04. The Morgan fingerprint density at radius 3 is 1.84 bits per heavy atom. The average Bonchev–Trinajstić information content (AvgIpc) is 3.94. The smallest absolute Gasteiger partial charge is 0.0914 e. The van der Waals surface area contributed by atoms with Gasteiger partial charge in [0.05, 0.1) is 28.2 Å². The first-order valence-corrected chi connectivity index (χ1v) is 21.2. The molecule has 0 aliphatic carbocycles. The van der Waals surface area contributed by atoms with Gasteiger partial charge in [-0.15, -0.1) is 47.5 Å². The van der Waals surface area contributed by atoms with E-state index < -0.39 is 6.85 Å². The summed E-state index contributed by atoms with van der Waals surface area (Å²) in [5.41, 5.74) is 16.2. The molecule has 0 N–H and O–H groups in total. The van der Waals surface area contributed by atoms with Gasteiger partial charge in [0.1, 0.15) is 0 Å². The minimum atomic E-state index is -2.09. The summed E-state index contributed by atoms with van der Waals surface area (Å²) in [4.78, 5) is 9.50. The molecule has 1 radical (unpaired) electrons. The van der Waals surface area contributed by atoms with Crippen molar-refractivity contribution in [2.75, 3.05) is 0 Å². The Balaban J connectivity index is 0.000000278. The van der Waals surface area contributed by atoms with E-state index in [2.05, 4.69) is 165 Å². The Labute approximate surface area is 388 Å². The predicted octanol–water partition coefficient (Wildman–Crippen LogP) is 15.6. The summed E-state index contributed by atoms with van der Waals surface area (Å²) in [5, 5.41) is 0.927. The molecule has 0 saturated carbocycles. The molecule has 7 aromatic carbocycles. The number of hydrogen-bond donors (Lipinski definition) is 0. The molecule has 3 heterocycles. The van der Waals surface area contributed by atoms with Crippen LogP contribution in [0.25, 0.3) is 83.9 Å². The van der Waals surface area contributed by atoms with Gasteiger partial charge in [0, 0.05) is 41.7 Å². The van der Waals surface area contributed by atoms with Crippen LogP contribution < -0.4 is 0 Å². The van der Waals surface area contributed by atoms with Gasteiger partial charge in [-0.1, -0.05) is 167 Å². The van der Waals surface area contributed by atoms with Gasteiger partial charge in [-0.05, 0) is 87.6 Å². The van der Waals surface area contributed by atoms with Crippen LogP contribution in [0.3, 0.4) is 0 Å². The summed E-state index contributed by atoms with van der Waals surface area (Å²) in [6.45, 7) is 9.06. The van der Waals surface area contributed by atoms with Gasteiger partial charge in [0.25, 0.3) is 0 Å². The third kappa shape index (κ3) is 8.99. The number of pyridine rings is 1. The molecule has 313 valence electrons. The first-order chi connectivity index (χ1) is 31.4. The summed E-state index contributed by atoms with van der Waals surface area (Å²) in [6.07, 6.45) is 1.40. The summed E-state index contributed by atoms with van der Waals surface area (Å²) >= 11 is 0. The molecule has 0 bridgehead atoms. The van der Waals surface area contributed by atoms with Crippen molar-refractivity contribution in [3.63, 3.8) is 0 Å². The van der Waals surface area contributed by atoms with Crippen molar-refractivity contribution in [2.45, 2.75) is 53.3 Å². The van der Waals surface area contributed by atoms with Crippen molar-refractivity contribution in [2.24, 2.45) is 0 Å². The Hall–Kier alpha value is -6.65. The Morgan fingerprint density at radius 2 is 1.24 bits per heavy atom. The van der Waals surface area contributed by atoms with Crippen LogP contribution in [-0.2, 0) is 20.1 Å². The molecule has 63 heavy (non-hydrogen) atoms. The second-order valence-electron chi connectivity index (χ2n) is 16.3. The van der Waals surface area contributed by atoms with Crippen LogP contribution in [0.5, 0.6) is 0 Å². The van der Waals surface area contributed by atoms with Gasteiger partial charge < -0.3 is 14.0 Å². The summed E-state index contributed by atoms with van der Waals surface area (Å²) < 4.78 is 30.8. The second-order valence-corrected chi connectivity index (χ2v) is 16.3. The molecule has 0 amide bonds. The van der Waals surface area contributed by atoms with Gasteiger partial charge >= 0.3 is 0 Å². The Bertz CT molecular complexity index is 3200. The van der Waals surface area contributed by atoms with E-state index >= 15 is 0 Å². The van der Waals surface area contributed by atoms with Gasteiger partial charge in [-0.25, -0.2) is 0 Å². The normalized spacial score (nSPS) is 12.1. The van der Waals surface area contributed by atoms with Crippen molar-refractivity contribution < 1.29 is 28.6 Å². The SMILES string of the molecule is CC(C)c1cc(-c2ccccc2)cc(C(C)C)c1-n1c(-c2[c-]c3cc(-c4ccccc4)oc3c(-c3ccccc3)c2)nc2ccccc21.[2H]C([2H])([2H])c1ccc(-c2[c-]cc(C)cc2)nc1.[Ir]. The van der Waals surface area contributed by atoms with E-state index in [1.807, 2.05) is 49.4 Å². The molecule has 0 spiro atoms. The van der Waals surface area contributed by atoms with E-state index in [9.17, 15) is 0 Å². The van der Waals surface area contributed by atoms with Crippen molar-refractivity contribution in [3.8, 4) is 61.9 Å². The molecular weight excluding hydrogens is 947 g/mol. The topological polar surface area (TPSA) is 43.9 Å². The fourth-order valence-corrected chi connectivity index (χ4v) is 8.04. The number of fused-ring (bicyclic) bond motifs is 2. The number of nitrogens with zero attached hydrogens (tertiary/aromatic N) is 3. The van der Waals surface area contributed by atoms with E-state index in [0.717, 1.165) is 72.7 Å². The van der Waals surface area contributed by atoms with Crippen molar-refractivity contribution in [1.82, 2.24) is 14.5 Å². The number of imidazole rings is 1. The predicted molar refractivity (Wildman–Crippen MR) is 258 cm³/mol. The van der Waals surface area contributed by atoms with Crippen LogP contribution in [-0.4, -0.2) is 14.5 Å². The summed E-state index contributed by atoms with van der Waals surface area (Å²) in [5.74, 6) is 2.26. The number of rotatable bonds is 8. The molecule has 5 heteroatoms. The number of furan rings is 1. The van der Waals surface area contributed by atoms with Crippen LogP contribution >= 0.6 is 0 Å². The maximum absolute atomic E-state index is 7.26. The minimum absolute atomic E-state index is 0. The van der Waals surface area contributed by atoms with Crippen LogP contribution in [0.4, 0.5) is 0 Å². The van der Waals surface area contributed by atoms with Crippen LogP contribution in [0, 0.1) is 25.9 Å². The average molecular weight is 999 g/mol. The van der Waals surface area contributed by atoms with Gasteiger partial charge in [-0.3, -0.25) is 4.98 Å². The molecule has 10 aromatic rings. The zero-order valence-corrected chi connectivity index (χ0v) is 38.4. The second kappa shape index (κ2) is 18.8. The molecule has 0 aliphatic rings. The molecule has 0 atom stereocenters. The number of hydrogen-bond acceptors (Lipinski definition) is 3. The number of para-hydroxylation sites is 2. The number of benzene rings is 7. The van der Waals surface area contributed by atoms with Crippen LogP contribution in [0.2, 0.25) is 0 Å². The Morgan fingerprint density at radius 1 is 0.619 bits per heavy atom. The summed E-state index contributed by atoms with van der Waals surface area (Å²) in [7, 11) is 0. The van der Waals surface area contributed by atoms with Crippen molar-refractivity contribution in [1.29, 1.82) is 0 Å². The quantitative estimate of drug-likeness (QED) is 0.143. The minimum Gasteiger partial charge on any atom is -0.499 e. The van der Waals surface area contributed by atoms with Gasteiger partial charge in [-0.2, -0.15) is 0 Å². The monoisotopic (exact) mass is 999 g/mol. The molecule has 0 saturated heterocycles. The van der Waals surface area contributed by atoms with E-state index in [4.69, 9.17) is 13.5 Å². The van der Waals surface area contributed by atoms with Gasteiger partial charge in [0.2, 0.25) is 0 Å². The Kier molecular flexibility index (Phi) is 11.7. The molecule has 10 rings (SSSR count). The van der Waals surface area contributed by atoms with Crippen LogP contribution in [0.1, 0.15) is 65.9 Å². The number of aryl methyl sites for hydroxylation is 2. The first kappa shape index (κ1) is 39.2. The maximum Gasteiger partial charge on any atom is 0.0914 e. The first-order valence-electron chi connectivity index (χ1n) is 22.7. The fraction of sp³-hybridized carbons (Fsp3) is 0.138. The van der Waals surface area contributed by atoms with E-state index in [1.165, 1.54) is 34.1 Å². The number of aromatic nitrogens is 3. The van der Waals surface area contributed by atoms with E-state index in [0.29, 0.717) is 0 Å². The maximum atomic E-state index is 7.26. The van der Waals surface area contributed by atoms with Crippen molar-refractivity contribution >= 4 is 22.0 Å². The zero-order chi connectivity index (χ0) is 45.2. The molecule has 3 aromatic heterocycles. The summed E-state index contributed by atoms with van der Waals surface area (Å²) in [6, 6.07) is 65.0. The van der Waals surface area contributed by atoms with Crippen molar-refractivity contribution in [3.05, 3.63) is 210 Å². The molecule has 4 nitrogen and oxygen atoms in total. The third-order valence-electron chi connectivity index (χ3n) is 11.2. The van der Waals surface area contributed by atoms with E-state index in [1.54, 1.807) is 12.1 Å². The van der Waals surface area contributed by atoms with Gasteiger partial charge in [0.15, 0.2) is 0 Å². The molecule has 0 aliphatic heterocycles. The largest absolute Gasteiger partial charge is 0.499 e. The third-order valence-corrected chi connectivity index (χ3v) is 11.2. The standard InChI is InChI=1S/C45H37N2O.C13H12N.Ir/c1-29(2)37-25-34(31-16-8-5-9-17-31)26-38(30(3)4)43(37)47-41-23-15-14-22-40(41)46-45(47)36-24-35-28-42(33-20-12-7-13-21-33)48-44(35)39(27-36)32-18-10-6-11-19-32;1-10-3-6-12(7-4-10)13-8-5-11(2)9-14-13;/h5-23,25-30H,1-4H3;3-6,8-9H,1-2H3;/q2*-1;/i;2D3;. The van der Waals surface area contributed by atoms with Crippen LogP contribution in [0.15, 0.2) is 180 Å². The van der Waals surface area contributed by atoms with E-state index in [-0.39, 0.29) is 37.5 Å². The molecule has 0 fully saturated rings. The molecule has 0 unspecified atom stereocenters.